The van der Waals surface area contributed by atoms with Gasteiger partial charge in [0.1, 0.15) is 6.26 Å². The van der Waals surface area contributed by atoms with Crippen LogP contribution in [0.3, 0.4) is 0 Å². The summed E-state index contributed by atoms with van der Waals surface area (Å²) in [7, 11) is -3.10. The maximum Gasteiger partial charge on any atom is 0.213 e. The standard InChI is InChI=1S/C17H29N3O4S/c1-4-25(21,22)20-7-5-17(6-8-20)13-19(9-10-24-17)11-15-12-23-16(18-15)14(2)3/h12,14H,4-11,13H2,1-3H3. The predicted molar refractivity (Wildman–Crippen MR) is 94.8 cm³/mol. The molecule has 1 aromatic heterocycles. The molecule has 1 spiro atoms. The third-order valence-electron chi connectivity index (χ3n) is 5.17. The molecule has 2 aliphatic rings. The van der Waals surface area contributed by atoms with Gasteiger partial charge in [0.2, 0.25) is 10.0 Å². The summed E-state index contributed by atoms with van der Waals surface area (Å²) in [5, 5.41) is 0. The lowest BCUT2D eigenvalue weighted by atomic mass is 9.90. The molecule has 0 atom stereocenters. The maximum atomic E-state index is 12.0. The van der Waals surface area contributed by atoms with E-state index in [0.29, 0.717) is 19.7 Å². The van der Waals surface area contributed by atoms with Gasteiger partial charge >= 0.3 is 0 Å². The highest BCUT2D eigenvalue weighted by atomic mass is 32.2. The topological polar surface area (TPSA) is 75.9 Å². The second-order valence-electron chi connectivity index (χ2n) is 7.37. The van der Waals surface area contributed by atoms with Crippen molar-refractivity contribution in [1.82, 2.24) is 14.2 Å². The maximum absolute atomic E-state index is 12.0. The van der Waals surface area contributed by atoms with Gasteiger partial charge in [-0.2, -0.15) is 0 Å². The molecule has 3 heterocycles. The Balaban J connectivity index is 1.59. The van der Waals surface area contributed by atoms with E-state index in [4.69, 9.17) is 9.15 Å². The first-order valence-corrected chi connectivity index (χ1v) is 10.7. The van der Waals surface area contributed by atoms with Crippen molar-refractivity contribution in [3.63, 3.8) is 0 Å². The average molecular weight is 372 g/mol. The zero-order chi connectivity index (χ0) is 18.1. The first kappa shape index (κ1) is 18.8. The number of ether oxygens (including phenoxy) is 1. The molecule has 0 bridgehead atoms. The van der Waals surface area contributed by atoms with Gasteiger partial charge in [-0.1, -0.05) is 13.8 Å². The molecule has 25 heavy (non-hydrogen) atoms. The molecule has 2 fully saturated rings. The molecule has 2 saturated heterocycles. The first-order valence-electron chi connectivity index (χ1n) is 9.12. The minimum Gasteiger partial charge on any atom is -0.448 e. The van der Waals surface area contributed by atoms with Gasteiger partial charge in [-0.25, -0.2) is 17.7 Å². The van der Waals surface area contributed by atoms with Gasteiger partial charge in [0.25, 0.3) is 0 Å². The molecule has 3 rings (SSSR count). The molecule has 1 aromatic rings. The van der Waals surface area contributed by atoms with Crippen LogP contribution in [0.5, 0.6) is 0 Å². The minimum atomic E-state index is -3.10. The molecule has 0 aromatic carbocycles. The van der Waals surface area contributed by atoms with Gasteiger partial charge in [-0.05, 0) is 19.8 Å². The number of hydrogen-bond acceptors (Lipinski definition) is 6. The lowest BCUT2D eigenvalue weighted by molar-refractivity contribution is -0.131. The van der Waals surface area contributed by atoms with E-state index < -0.39 is 10.0 Å². The van der Waals surface area contributed by atoms with Crippen LogP contribution < -0.4 is 0 Å². The SMILES string of the molecule is CCS(=O)(=O)N1CCC2(CC1)CN(Cc1coc(C(C)C)n1)CCO2. The quantitative estimate of drug-likeness (QED) is 0.786. The number of oxazole rings is 1. The van der Waals surface area contributed by atoms with E-state index in [9.17, 15) is 8.42 Å². The third kappa shape index (κ3) is 4.24. The molecule has 0 radical (unpaired) electrons. The Bertz CT molecular complexity index is 678. The summed E-state index contributed by atoms with van der Waals surface area (Å²) in [5.41, 5.74) is 0.717. The molecule has 142 valence electrons. The highest BCUT2D eigenvalue weighted by Crippen LogP contribution is 2.31. The Kier molecular flexibility index (Phi) is 5.53. The molecule has 0 unspecified atom stereocenters. The Labute approximate surface area is 150 Å². The summed E-state index contributed by atoms with van der Waals surface area (Å²) in [6.07, 6.45) is 3.24. The lowest BCUT2D eigenvalue weighted by Crippen LogP contribution is -2.57. The Hall–Kier alpha value is -0.960. The van der Waals surface area contributed by atoms with Crippen molar-refractivity contribution in [1.29, 1.82) is 0 Å². The summed E-state index contributed by atoms with van der Waals surface area (Å²) in [5.74, 6) is 1.22. The molecule has 0 N–H and O–H groups in total. The molecule has 8 heteroatoms. The second-order valence-corrected chi connectivity index (χ2v) is 9.63. The van der Waals surface area contributed by atoms with Crippen LogP contribution in [-0.4, -0.2) is 66.7 Å². The largest absolute Gasteiger partial charge is 0.448 e. The van der Waals surface area contributed by atoms with E-state index in [-0.39, 0.29) is 17.3 Å². The molecule has 7 nitrogen and oxygen atoms in total. The highest BCUT2D eigenvalue weighted by Gasteiger charge is 2.41. The van der Waals surface area contributed by atoms with Crippen molar-refractivity contribution in [3.8, 4) is 0 Å². The number of sulfonamides is 1. The van der Waals surface area contributed by atoms with Crippen LogP contribution in [0.25, 0.3) is 0 Å². The van der Waals surface area contributed by atoms with Gasteiger partial charge in [-0.15, -0.1) is 0 Å². The summed E-state index contributed by atoms with van der Waals surface area (Å²) in [4.78, 5) is 6.90. The normalized spacial score (nSPS) is 22.7. The number of hydrogen-bond donors (Lipinski definition) is 0. The zero-order valence-corrected chi connectivity index (χ0v) is 16.2. The van der Waals surface area contributed by atoms with E-state index in [1.165, 1.54) is 0 Å². The van der Waals surface area contributed by atoms with Crippen molar-refractivity contribution in [3.05, 3.63) is 17.8 Å². The summed E-state index contributed by atoms with van der Waals surface area (Å²) in [6, 6.07) is 0. The van der Waals surface area contributed by atoms with E-state index >= 15 is 0 Å². The Morgan fingerprint density at radius 2 is 2.00 bits per heavy atom. The number of morpholine rings is 1. The van der Waals surface area contributed by atoms with Crippen LogP contribution in [0.2, 0.25) is 0 Å². The fourth-order valence-electron chi connectivity index (χ4n) is 3.60. The monoisotopic (exact) mass is 371 g/mol. The predicted octanol–water partition coefficient (Wildman–Crippen LogP) is 1.81. The third-order valence-corrected chi connectivity index (χ3v) is 7.05. The molecule has 0 saturated carbocycles. The Morgan fingerprint density at radius 1 is 1.28 bits per heavy atom. The molecule has 2 aliphatic heterocycles. The molecular weight excluding hydrogens is 342 g/mol. The van der Waals surface area contributed by atoms with Crippen molar-refractivity contribution in [2.75, 3.05) is 38.5 Å². The van der Waals surface area contributed by atoms with Crippen molar-refractivity contribution in [2.24, 2.45) is 0 Å². The van der Waals surface area contributed by atoms with Crippen molar-refractivity contribution < 1.29 is 17.6 Å². The van der Waals surface area contributed by atoms with Crippen LogP contribution in [0.15, 0.2) is 10.7 Å². The first-order chi connectivity index (χ1) is 11.8. The summed E-state index contributed by atoms with van der Waals surface area (Å²) >= 11 is 0. The van der Waals surface area contributed by atoms with Crippen LogP contribution in [0.4, 0.5) is 0 Å². The fourth-order valence-corrected chi connectivity index (χ4v) is 4.71. The summed E-state index contributed by atoms with van der Waals surface area (Å²) < 4.78 is 37.3. The zero-order valence-electron chi connectivity index (χ0n) is 15.4. The van der Waals surface area contributed by atoms with Gasteiger partial charge in [0, 0.05) is 38.6 Å². The van der Waals surface area contributed by atoms with Crippen LogP contribution >= 0.6 is 0 Å². The molecule has 0 aliphatic carbocycles. The van der Waals surface area contributed by atoms with E-state index in [2.05, 4.69) is 23.7 Å². The van der Waals surface area contributed by atoms with Crippen LogP contribution in [0, 0.1) is 0 Å². The minimum absolute atomic E-state index is 0.164. The fraction of sp³-hybridized carbons (Fsp3) is 0.824. The second kappa shape index (κ2) is 7.34. The number of rotatable bonds is 5. The lowest BCUT2D eigenvalue weighted by Gasteiger charge is -2.46. The van der Waals surface area contributed by atoms with Gasteiger partial charge < -0.3 is 9.15 Å². The number of piperidine rings is 1. The Morgan fingerprint density at radius 3 is 2.60 bits per heavy atom. The summed E-state index contributed by atoms with van der Waals surface area (Å²) in [6.45, 7) is 10.0. The number of aromatic nitrogens is 1. The van der Waals surface area contributed by atoms with Crippen molar-refractivity contribution >= 4 is 10.0 Å². The highest BCUT2D eigenvalue weighted by molar-refractivity contribution is 7.89. The molecule has 0 amide bonds. The van der Waals surface area contributed by atoms with Gasteiger partial charge in [0.05, 0.1) is 23.7 Å². The van der Waals surface area contributed by atoms with Gasteiger partial charge in [0.15, 0.2) is 5.89 Å². The number of nitrogens with zero attached hydrogens (tertiary/aromatic N) is 3. The van der Waals surface area contributed by atoms with E-state index in [1.807, 2.05) is 0 Å². The van der Waals surface area contributed by atoms with E-state index in [1.54, 1.807) is 17.5 Å². The van der Waals surface area contributed by atoms with E-state index in [0.717, 1.165) is 44.1 Å². The van der Waals surface area contributed by atoms with Crippen LogP contribution in [0.1, 0.15) is 51.1 Å². The molecular formula is C17H29N3O4S. The average Bonchev–Trinajstić information content (AvgIpc) is 3.04. The van der Waals surface area contributed by atoms with Crippen molar-refractivity contribution in [2.45, 2.75) is 51.7 Å². The van der Waals surface area contributed by atoms with Gasteiger partial charge in [-0.3, -0.25) is 4.90 Å². The smallest absolute Gasteiger partial charge is 0.213 e. The van der Waals surface area contributed by atoms with Crippen LogP contribution in [-0.2, 0) is 21.3 Å².